The van der Waals surface area contributed by atoms with Crippen LogP contribution in [0.15, 0.2) is 35.1 Å². The highest BCUT2D eigenvalue weighted by Crippen LogP contribution is 2.18. The molecule has 0 amide bonds. The summed E-state index contributed by atoms with van der Waals surface area (Å²) in [6.07, 6.45) is 4.27. The van der Waals surface area contributed by atoms with Crippen molar-refractivity contribution < 1.29 is 13.3 Å². The second-order valence-corrected chi connectivity index (χ2v) is 6.29. The Labute approximate surface area is 126 Å². The van der Waals surface area contributed by atoms with Crippen LogP contribution in [0.1, 0.15) is 12.8 Å². The highest BCUT2D eigenvalue weighted by atomic mass is 32.2. The lowest BCUT2D eigenvalue weighted by atomic mass is 10.3. The molecular formula is C14H20FN3O2S. The molecule has 1 aliphatic rings. The standard InChI is InChI=1S/C14H20FN3O2S/c1-16-9-12(8-15)11-20-14-5-4-13(10-17-14)21(19)18-6-2-3-7-18/h4-5,8,10,16H,2-3,6-7,9,11H2,1H3/b12-8+. The van der Waals surface area contributed by atoms with E-state index in [1.807, 2.05) is 4.31 Å². The van der Waals surface area contributed by atoms with Crippen molar-refractivity contribution in [2.24, 2.45) is 0 Å². The van der Waals surface area contributed by atoms with E-state index in [9.17, 15) is 8.60 Å². The molecule has 0 radical (unpaired) electrons. The van der Waals surface area contributed by atoms with Crippen molar-refractivity contribution in [1.29, 1.82) is 0 Å². The van der Waals surface area contributed by atoms with Gasteiger partial charge in [0.1, 0.15) is 17.6 Å². The lowest BCUT2D eigenvalue weighted by molar-refractivity contribution is 0.332. The predicted octanol–water partition coefficient (Wildman–Crippen LogP) is 1.65. The van der Waals surface area contributed by atoms with Crippen LogP contribution in [0.2, 0.25) is 0 Å². The molecular weight excluding hydrogens is 293 g/mol. The molecule has 1 N–H and O–H groups in total. The highest BCUT2D eigenvalue weighted by molar-refractivity contribution is 7.82. The van der Waals surface area contributed by atoms with Crippen molar-refractivity contribution in [3.8, 4) is 5.88 Å². The number of nitrogens with zero attached hydrogens (tertiary/aromatic N) is 2. The summed E-state index contributed by atoms with van der Waals surface area (Å²) in [6, 6.07) is 3.41. The van der Waals surface area contributed by atoms with Crippen molar-refractivity contribution >= 4 is 11.0 Å². The summed E-state index contributed by atoms with van der Waals surface area (Å²) in [5.41, 5.74) is 0.504. The number of nitrogens with one attached hydrogen (secondary N) is 1. The molecule has 1 unspecified atom stereocenters. The number of hydrogen-bond donors (Lipinski definition) is 1. The van der Waals surface area contributed by atoms with E-state index < -0.39 is 11.0 Å². The van der Waals surface area contributed by atoms with E-state index in [0.717, 1.165) is 25.9 Å². The fourth-order valence-electron chi connectivity index (χ4n) is 2.07. The van der Waals surface area contributed by atoms with Gasteiger partial charge in [-0.3, -0.25) is 0 Å². The molecule has 1 aromatic rings. The van der Waals surface area contributed by atoms with Crippen LogP contribution in [0.4, 0.5) is 4.39 Å². The Morgan fingerprint density at radius 1 is 1.52 bits per heavy atom. The first-order valence-corrected chi connectivity index (χ1v) is 8.03. The van der Waals surface area contributed by atoms with Gasteiger partial charge < -0.3 is 10.1 Å². The van der Waals surface area contributed by atoms with Crippen molar-refractivity contribution in [2.45, 2.75) is 17.7 Å². The van der Waals surface area contributed by atoms with Gasteiger partial charge in [-0.2, -0.15) is 0 Å². The topological polar surface area (TPSA) is 54.5 Å². The van der Waals surface area contributed by atoms with Gasteiger partial charge in [0.2, 0.25) is 5.88 Å². The third-order valence-electron chi connectivity index (χ3n) is 3.17. The zero-order chi connectivity index (χ0) is 15.1. The summed E-state index contributed by atoms with van der Waals surface area (Å²) in [5.74, 6) is 0.396. The average molecular weight is 313 g/mol. The summed E-state index contributed by atoms with van der Waals surface area (Å²) >= 11 is 0. The van der Waals surface area contributed by atoms with Crippen molar-refractivity contribution in [2.75, 3.05) is 33.3 Å². The summed E-state index contributed by atoms with van der Waals surface area (Å²) in [7, 11) is 0.590. The van der Waals surface area contributed by atoms with Crippen LogP contribution in [-0.2, 0) is 11.0 Å². The molecule has 0 saturated carbocycles. The zero-order valence-electron chi connectivity index (χ0n) is 12.0. The predicted molar refractivity (Wildman–Crippen MR) is 80.1 cm³/mol. The Morgan fingerprint density at radius 2 is 2.29 bits per heavy atom. The molecule has 2 rings (SSSR count). The van der Waals surface area contributed by atoms with Crippen LogP contribution < -0.4 is 10.1 Å². The van der Waals surface area contributed by atoms with E-state index in [0.29, 0.717) is 29.2 Å². The number of rotatable bonds is 7. The number of halogens is 1. The molecule has 0 aliphatic carbocycles. The molecule has 1 fully saturated rings. The van der Waals surface area contributed by atoms with E-state index in [1.54, 1.807) is 25.4 Å². The molecule has 1 aliphatic heterocycles. The lowest BCUT2D eigenvalue weighted by Crippen LogP contribution is -2.22. The minimum absolute atomic E-state index is 0.138. The van der Waals surface area contributed by atoms with Gasteiger partial charge in [0.05, 0.1) is 11.2 Å². The number of hydrogen-bond acceptors (Lipinski definition) is 4. The number of likely N-dealkylation sites (N-methyl/N-ethyl adjacent to an activating group) is 1. The summed E-state index contributed by atoms with van der Waals surface area (Å²) in [6.45, 7) is 2.28. The highest BCUT2D eigenvalue weighted by Gasteiger charge is 2.19. The van der Waals surface area contributed by atoms with Crippen molar-refractivity contribution in [1.82, 2.24) is 14.6 Å². The minimum Gasteiger partial charge on any atom is -0.473 e. The SMILES string of the molecule is CNC/C(=C\F)COc1ccc(S(=O)N2CCCC2)cn1. The van der Waals surface area contributed by atoms with Crippen LogP contribution in [0.5, 0.6) is 5.88 Å². The van der Waals surface area contributed by atoms with Crippen LogP contribution >= 0.6 is 0 Å². The van der Waals surface area contributed by atoms with E-state index in [-0.39, 0.29) is 6.61 Å². The molecule has 1 atom stereocenters. The Hall–Kier alpha value is -1.31. The fourth-order valence-corrected chi connectivity index (χ4v) is 3.29. The summed E-state index contributed by atoms with van der Waals surface area (Å²) < 4.78 is 32.1. The van der Waals surface area contributed by atoms with Gasteiger partial charge in [-0.1, -0.05) is 0 Å². The maximum absolute atomic E-state index is 12.5. The molecule has 0 bridgehead atoms. The van der Waals surface area contributed by atoms with Crippen LogP contribution in [0, 0.1) is 0 Å². The maximum atomic E-state index is 12.5. The molecule has 0 aromatic carbocycles. The minimum atomic E-state index is -1.15. The lowest BCUT2D eigenvalue weighted by Gasteiger charge is -2.13. The van der Waals surface area contributed by atoms with E-state index in [4.69, 9.17) is 4.74 Å². The quantitative estimate of drug-likeness (QED) is 0.832. The summed E-state index contributed by atoms with van der Waals surface area (Å²) in [4.78, 5) is 4.79. The van der Waals surface area contributed by atoms with Gasteiger partial charge in [-0.15, -0.1) is 0 Å². The fraction of sp³-hybridized carbons (Fsp3) is 0.500. The first kappa shape index (κ1) is 16.1. The van der Waals surface area contributed by atoms with Crippen LogP contribution in [0.3, 0.4) is 0 Å². The van der Waals surface area contributed by atoms with E-state index in [1.165, 1.54) is 0 Å². The number of ether oxygens (including phenoxy) is 1. The smallest absolute Gasteiger partial charge is 0.213 e. The molecule has 1 saturated heterocycles. The number of aromatic nitrogens is 1. The van der Waals surface area contributed by atoms with Gasteiger partial charge in [0.25, 0.3) is 0 Å². The van der Waals surface area contributed by atoms with Crippen molar-refractivity contribution in [3.63, 3.8) is 0 Å². The molecule has 5 nitrogen and oxygen atoms in total. The Balaban J connectivity index is 1.91. The van der Waals surface area contributed by atoms with Gasteiger partial charge in [-0.05, 0) is 26.0 Å². The van der Waals surface area contributed by atoms with Crippen molar-refractivity contribution in [3.05, 3.63) is 30.2 Å². The first-order valence-electron chi connectivity index (χ1n) is 6.93. The maximum Gasteiger partial charge on any atom is 0.213 e. The molecule has 7 heteroatoms. The molecule has 2 heterocycles. The largest absolute Gasteiger partial charge is 0.473 e. The van der Waals surface area contributed by atoms with Crippen LogP contribution in [0.25, 0.3) is 0 Å². The molecule has 116 valence electrons. The normalized spacial score (nSPS) is 17.9. The number of pyridine rings is 1. The third-order valence-corrected chi connectivity index (χ3v) is 4.65. The van der Waals surface area contributed by atoms with E-state index >= 15 is 0 Å². The average Bonchev–Trinajstić information content (AvgIpc) is 3.05. The molecule has 21 heavy (non-hydrogen) atoms. The third kappa shape index (κ3) is 4.59. The van der Waals surface area contributed by atoms with Gasteiger partial charge in [0, 0.05) is 37.5 Å². The van der Waals surface area contributed by atoms with Gasteiger partial charge >= 0.3 is 0 Å². The Kier molecular flexibility index (Phi) is 6.28. The Bertz CT molecular complexity index is 501. The summed E-state index contributed by atoms with van der Waals surface area (Å²) in [5, 5.41) is 2.86. The van der Waals surface area contributed by atoms with Crippen LogP contribution in [-0.4, -0.2) is 46.8 Å². The zero-order valence-corrected chi connectivity index (χ0v) is 12.9. The van der Waals surface area contributed by atoms with Gasteiger partial charge in [0.15, 0.2) is 0 Å². The molecule has 0 spiro atoms. The van der Waals surface area contributed by atoms with Gasteiger partial charge in [-0.25, -0.2) is 17.9 Å². The van der Waals surface area contributed by atoms with E-state index in [2.05, 4.69) is 10.3 Å². The monoisotopic (exact) mass is 313 g/mol. The second-order valence-electron chi connectivity index (χ2n) is 4.80. The Morgan fingerprint density at radius 3 is 2.86 bits per heavy atom. The second kappa shape index (κ2) is 8.21. The first-order chi connectivity index (χ1) is 10.2. The molecule has 1 aromatic heterocycles.